The van der Waals surface area contributed by atoms with Gasteiger partial charge in [-0.3, -0.25) is 4.98 Å². The number of fused-ring (bicyclic) bond motifs is 10. The normalized spacial score (nSPS) is 11.7. The van der Waals surface area contributed by atoms with E-state index in [0.29, 0.717) is 17.5 Å². The molecule has 5 heteroatoms. The standard InChI is InChI=1S/C44H26N4O/c1-2-10-28(11-3-1)42-46-43(29-19-17-27(18-20-29)37-15-8-9-25-45-37)48-44(47-42)30-21-22-32-34-23-24-39-41(35-14-6-7-16-38(35)49-39)40(34)33-13-5-4-12-31(33)36(32)26-30/h1-26H. The number of para-hydroxylation sites is 1. The molecule has 7 aromatic carbocycles. The highest BCUT2D eigenvalue weighted by molar-refractivity contribution is 6.34. The lowest BCUT2D eigenvalue weighted by Crippen LogP contribution is -2.00. The van der Waals surface area contributed by atoms with Crippen molar-refractivity contribution in [2.24, 2.45) is 0 Å². The Morgan fingerprint density at radius 2 is 0.918 bits per heavy atom. The maximum Gasteiger partial charge on any atom is 0.164 e. The molecule has 3 heterocycles. The van der Waals surface area contributed by atoms with Gasteiger partial charge in [-0.2, -0.15) is 0 Å². The summed E-state index contributed by atoms with van der Waals surface area (Å²) in [7, 11) is 0. The number of pyridine rings is 1. The highest BCUT2D eigenvalue weighted by atomic mass is 16.3. The second kappa shape index (κ2) is 10.9. The van der Waals surface area contributed by atoms with Crippen LogP contribution in [-0.2, 0) is 0 Å². The van der Waals surface area contributed by atoms with Gasteiger partial charge in [-0.25, -0.2) is 15.0 Å². The van der Waals surface area contributed by atoms with E-state index in [1.807, 2.05) is 66.9 Å². The first-order chi connectivity index (χ1) is 24.3. The zero-order valence-electron chi connectivity index (χ0n) is 26.2. The third-order valence-corrected chi connectivity index (χ3v) is 9.37. The number of furan rings is 1. The van der Waals surface area contributed by atoms with Crippen molar-refractivity contribution in [3.05, 3.63) is 158 Å². The minimum absolute atomic E-state index is 0.620. The molecule has 10 rings (SSSR count). The minimum atomic E-state index is 0.620. The molecule has 49 heavy (non-hydrogen) atoms. The molecule has 0 aliphatic heterocycles. The van der Waals surface area contributed by atoms with Crippen molar-refractivity contribution in [3.8, 4) is 45.4 Å². The molecule has 0 aliphatic carbocycles. The average molecular weight is 627 g/mol. The Kier molecular flexibility index (Phi) is 6.11. The molecule has 0 N–H and O–H groups in total. The molecule has 0 aliphatic rings. The summed E-state index contributed by atoms with van der Waals surface area (Å²) >= 11 is 0. The topological polar surface area (TPSA) is 64.7 Å². The molecule has 3 aromatic heterocycles. The van der Waals surface area contributed by atoms with Gasteiger partial charge in [0.1, 0.15) is 11.2 Å². The molecular formula is C44H26N4O. The van der Waals surface area contributed by atoms with Crippen LogP contribution in [0.2, 0.25) is 0 Å². The molecule has 5 nitrogen and oxygen atoms in total. The Hall–Kier alpha value is -6.72. The Balaban J connectivity index is 1.19. The zero-order valence-corrected chi connectivity index (χ0v) is 26.2. The molecular weight excluding hydrogens is 601 g/mol. The van der Waals surface area contributed by atoms with Crippen LogP contribution in [0.25, 0.3) is 99.7 Å². The summed E-state index contributed by atoms with van der Waals surface area (Å²) in [6.07, 6.45) is 1.81. The van der Waals surface area contributed by atoms with E-state index >= 15 is 0 Å². The monoisotopic (exact) mass is 626 g/mol. The fraction of sp³-hybridized carbons (Fsp3) is 0. The van der Waals surface area contributed by atoms with E-state index in [1.165, 1.54) is 26.9 Å². The molecule has 0 saturated heterocycles. The predicted octanol–water partition coefficient (Wildman–Crippen LogP) is 11.3. The largest absolute Gasteiger partial charge is 0.456 e. The Bertz CT molecular complexity index is 2840. The summed E-state index contributed by atoms with van der Waals surface area (Å²) in [5, 5.41) is 9.36. The van der Waals surface area contributed by atoms with E-state index < -0.39 is 0 Å². The summed E-state index contributed by atoms with van der Waals surface area (Å²) in [5.41, 5.74) is 6.53. The maximum absolute atomic E-state index is 6.30. The fourth-order valence-corrected chi connectivity index (χ4v) is 7.07. The quantitative estimate of drug-likeness (QED) is 0.182. The van der Waals surface area contributed by atoms with Crippen LogP contribution in [0, 0.1) is 0 Å². The Labute approximate surface area is 281 Å². The molecule has 10 aromatic rings. The number of nitrogens with zero attached hydrogens (tertiary/aromatic N) is 4. The highest BCUT2D eigenvalue weighted by Crippen LogP contribution is 2.43. The van der Waals surface area contributed by atoms with Crippen LogP contribution >= 0.6 is 0 Å². The number of benzene rings is 7. The van der Waals surface area contributed by atoms with Crippen molar-refractivity contribution in [2.75, 3.05) is 0 Å². The summed E-state index contributed by atoms with van der Waals surface area (Å²) in [5.74, 6) is 1.88. The molecule has 228 valence electrons. The van der Waals surface area contributed by atoms with Crippen LogP contribution in [0.3, 0.4) is 0 Å². The summed E-state index contributed by atoms with van der Waals surface area (Å²) in [6, 6.07) is 52.1. The maximum atomic E-state index is 6.30. The second-order valence-electron chi connectivity index (χ2n) is 12.2. The lowest BCUT2D eigenvalue weighted by Gasteiger charge is -2.13. The van der Waals surface area contributed by atoms with Crippen LogP contribution in [0.4, 0.5) is 0 Å². The smallest absolute Gasteiger partial charge is 0.164 e. The lowest BCUT2D eigenvalue weighted by molar-refractivity contribution is 0.669. The molecule has 0 fully saturated rings. The van der Waals surface area contributed by atoms with Gasteiger partial charge in [-0.15, -0.1) is 0 Å². The van der Waals surface area contributed by atoms with E-state index in [0.717, 1.165) is 55.3 Å². The molecule has 0 unspecified atom stereocenters. The van der Waals surface area contributed by atoms with Crippen molar-refractivity contribution in [1.82, 2.24) is 19.9 Å². The van der Waals surface area contributed by atoms with Crippen molar-refractivity contribution in [3.63, 3.8) is 0 Å². The van der Waals surface area contributed by atoms with Crippen LogP contribution in [0.5, 0.6) is 0 Å². The first kappa shape index (κ1) is 27.4. The SMILES string of the molecule is c1ccc(-c2nc(-c3ccc(-c4ccccn4)cc3)nc(-c3ccc4c(c3)c3ccccc3c3c4ccc4oc5ccccc5c43)n2)cc1. The van der Waals surface area contributed by atoms with Gasteiger partial charge in [-0.1, -0.05) is 115 Å². The van der Waals surface area contributed by atoms with Gasteiger partial charge in [0, 0.05) is 44.6 Å². The van der Waals surface area contributed by atoms with E-state index in [4.69, 9.17) is 19.4 Å². The van der Waals surface area contributed by atoms with Gasteiger partial charge in [0.2, 0.25) is 0 Å². The van der Waals surface area contributed by atoms with E-state index in [2.05, 4.69) is 96.0 Å². The lowest BCUT2D eigenvalue weighted by atomic mass is 9.91. The van der Waals surface area contributed by atoms with E-state index in [-0.39, 0.29) is 0 Å². The molecule has 0 bridgehead atoms. The van der Waals surface area contributed by atoms with E-state index in [1.54, 1.807) is 0 Å². The zero-order chi connectivity index (χ0) is 32.3. The van der Waals surface area contributed by atoms with Gasteiger partial charge in [-0.05, 0) is 63.3 Å². The minimum Gasteiger partial charge on any atom is -0.456 e. The van der Waals surface area contributed by atoms with Gasteiger partial charge in [0.15, 0.2) is 17.5 Å². The average Bonchev–Trinajstić information content (AvgIpc) is 3.57. The van der Waals surface area contributed by atoms with Crippen LogP contribution in [0.1, 0.15) is 0 Å². The Morgan fingerprint density at radius 3 is 1.69 bits per heavy atom. The molecule has 0 spiro atoms. The van der Waals surface area contributed by atoms with Crippen LogP contribution < -0.4 is 0 Å². The molecule has 0 amide bonds. The van der Waals surface area contributed by atoms with Gasteiger partial charge in [0.05, 0.1) is 5.69 Å². The highest BCUT2D eigenvalue weighted by Gasteiger charge is 2.18. The van der Waals surface area contributed by atoms with Gasteiger partial charge >= 0.3 is 0 Å². The molecule has 0 radical (unpaired) electrons. The number of hydrogen-bond donors (Lipinski definition) is 0. The first-order valence-electron chi connectivity index (χ1n) is 16.3. The number of rotatable bonds is 4. The van der Waals surface area contributed by atoms with Crippen LogP contribution in [-0.4, -0.2) is 19.9 Å². The number of aromatic nitrogens is 4. The number of hydrogen-bond acceptors (Lipinski definition) is 5. The second-order valence-corrected chi connectivity index (χ2v) is 12.2. The predicted molar refractivity (Wildman–Crippen MR) is 199 cm³/mol. The third kappa shape index (κ3) is 4.48. The van der Waals surface area contributed by atoms with Crippen LogP contribution in [0.15, 0.2) is 162 Å². The summed E-state index contributed by atoms with van der Waals surface area (Å²) in [4.78, 5) is 19.6. The van der Waals surface area contributed by atoms with E-state index in [9.17, 15) is 0 Å². The molecule has 0 saturated carbocycles. The van der Waals surface area contributed by atoms with Crippen molar-refractivity contribution >= 4 is 54.3 Å². The Morgan fingerprint density at radius 1 is 0.347 bits per heavy atom. The van der Waals surface area contributed by atoms with Crippen molar-refractivity contribution in [1.29, 1.82) is 0 Å². The third-order valence-electron chi connectivity index (χ3n) is 9.37. The van der Waals surface area contributed by atoms with Gasteiger partial charge in [0.25, 0.3) is 0 Å². The van der Waals surface area contributed by atoms with Crippen molar-refractivity contribution in [2.45, 2.75) is 0 Å². The summed E-state index contributed by atoms with van der Waals surface area (Å²) < 4.78 is 6.30. The fourth-order valence-electron chi connectivity index (χ4n) is 7.07. The molecule has 0 atom stereocenters. The van der Waals surface area contributed by atoms with Crippen molar-refractivity contribution < 1.29 is 4.42 Å². The summed E-state index contributed by atoms with van der Waals surface area (Å²) in [6.45, 7) is 0. The van der Waals surface area contributed by atoms with Gasteiger partial charge < -0.3 is 4.42 Å². The first-order valence-corrected chi connectivity index (χ1v) is 16.3.